The number of hydrogen-bond acceptors (Lipinski definition) is 3. The van der Waals surface area contributed by atoms with Gasteiger partial charge in [0.2, 0.25) is 0 Å². The average molecular weight is 314 g/mol. The molecule has 1 aliphatic carbocycles. The van der Waals surface area contributed by atoms with Crippen LogP contribution < -0.4 is 4.74 Å². The first-order chi connectivity index (χ1) is 11.7. The molecule has 4 rings (SSSR count). The van der Waals surface area contributed by atoms with E-state index in [-0.39, 0.29) is 17.1 Å². The van der Waals surface area contributed by atoms with Gasteiger partial charge in [0.05, 0.1) is 12.7 Å². The molecule has 0 N–H and O–H groups in total. The number of ketones is 2. The summed E-state index contributed by atoms with van der Waals surface area (Å²) in [6.07, 6.45) is 1.67. The topological polar surface area (TPSA) is 43.4 Å². The van der Waals surface area contributed by atoms with Crippen molar-refractivity contribution in [1.82, 2.24) is 0 Å². The van der Waals surface area contributed by atoms with Crippen LogP contribution in [0.25, 0.3) is 16.8 Å². The number of carbonyl (C=O) groups excluding carboxylic acids is 2. The molecular formula is C21H14O3. The normalized spacial score (nSPS) is 13.3. The van der Waals surface area contributed by atoms with E-state index in [1.165, 1.54) is 0 Å². The third-order valence-electron chi connectivity index (χ3n) is 4.29. The van der Waals surface area contributed by atoms with E-state index in [4.69, 9.17) is 4.74 Å². The highest BCUT2D eigenvalue weighted by molar-refractivity contribution is 6.41. The molecule has 0 radical (unpaired) electrons. The monoisotopic (exact) mass is 314 g/mol. The SMILES string of the molecule is COc1ccc2cc(C=C3C(=O)c4ccccc4C3=O)ccc2c1. The van der Waals surface area contributed by atoms with Crippen molar-refractivity contribution < 1.29 is 14.3 Å². The second-order valence-corrected chi connectivity index (χ2v) is 5.73. The molecule has 116 valence electrons. The van der Waals surface area contributed by atoms with E-state index < -0.39 is 0 Å². The first kappa shape index (κ1) is 14.4. The van der Waals surface area contributed by atoms with E-state index >= 15 is 0 Å². The van der Waals surface area contributed by atoms with Gasteiger partial charge in [-0.05, 0) is 40.6 Å². The van der Waals surface area contributed by atoms with Crippen LogP contribution in [0.4, 0.5) is 0 Å². The molecule has 1 aliphatic rings. The van der Waals surface area contributed by atoms with Crippen molar-refractivity contribution in [3.05, 3.63) is 82.9 Å². The van der Waals surface area contributed by atoms with Crippen LogP contribution in [0.3, 0.4) is 0 Å². The molecule has 0 heterocycles. The van der Waals surface area contributed by atoms with Crippen molar-refractivity contribution in [2.75, 3.05) is 7.11 Å². The number of hydrogen-bond donors (Lipinski definition) is 0. The van der Waals surface area contributed by atoms with Crippen LogP contribution >= 0.6 is 0 Å². The fourth-order valence-electron chi connectivity index (χ4n) is 3.03. The Morgan fingerprint density at radius 2 is 1.42 bits per heavy atom. The number of ether oxygens (including phenoxy) is 1. The summed E-state index contributed by atoms with van der Waals surface area (Å²) >= 11 is 0. The van der Waals surface area contributed by atoms with Gasteiger partial charge in [0.25, 0.3) is 0 Å². The van der Waals surface area contributed by atoms with E-state index in [2.05, 4.69) is 0 Å². The average Bonchev–Trinajstić information content (AvgIpc) is 2.86. The maximum absolute atomic E-state index is 12.5. The first-order valence-electron chi connectivity index (χ1n) is 7.65. The van der Waals surface area contributed by atoms with Gasteiger partial charge in [0.15, 0.2) is 11.6 Å². The number of carbonyl (C=O) groups is 2. The van der Waals surface area contributed by atoms with E-state index in [0.717, 1.165) is 22.1 Å². The summed E-state index contributed by atoms with van der Waals surface area (Å²) in [4.78, 5) is 24.9. The molecule has 0 fully saturated rings. The molecule has 3 aromatic carbocycles. The number of methoxy groups -OCH3 is 1. The Labute approximate surface area is 139 Å². The fraction of sp³-hybridized carbons (Fsp3) is 0.0476. The Bertz CT molecular complexity index is 991. The highest BCUT2D eigenvalue weighted by Crippen LogP contribution is 2.29. The molecule has 0 atom stereocenters. The minimum Gasteiger partial charge on any atom is -0.497 e. The van der Waals surface area contributed by atoms with Gasteiger partial charge in [-0.2, -0.15) is 0 Å². The Hall–Kier alpha value is -3.20. The second kappa shape index (κ2) is 5.46. The summed E-state index contributed by atoms with van der Waals surface area (Å²) in [7, 11) is 1.63. The first-order valence-corrected chi connectivity index (χ1v) is 7.65. The van der Waals surface area contributed by atoms with Crippen molar-refractivity contribution >= 4 is 28.4 Å². The summed E-state index contributed by atoms with van der Waals surface area (Å²) in [5.41, 5.74) is 2.03. The van der Waals surface area contributed by atoms with Crippen LogP contribution in [0.15, 0.2) is 66.2 Å². The van der Waals surface area contributed by atoms with Crippen molar-refractivity contribution in [2.24, 2.45) is 0 Å². The molecule has 0 aliphatic heterocycles. The maximum Gasteiger partial charge on any atom is 0.197 e. The molecule has 0 amide bonds. The zero-order valence-corrected chi connectivity index (χ0v) is 13.1. The van der Waals surface area contributed by atoms with Crippen LogP contribution in [-0.4, -0.2) is 18.7 Å². The molecule has 0 saturated heterocycles. The van der Waals surface area contributed by atoms with Gasteiger partial charge in [-0.25, -0.2) is 0 Å². The van der Waals surface area contributed by atoms with Gasteiger partial charge in [-0.15, -0.1) is 0 Å². The molecule has 0 bridgehead atoms. The summed E-state index contributed by atoms with van der Waals surface area (Å²) in [6, 6.07) is 18.6. The maximum atomic E-state index is 12.5. The lowest BCUT2D eigenvalue weighted by atomic mass is 10.0. The van der Waals surface area contributed by atoms with Crippen LogP contribution in [0.2, 0.25) is 0 Å². The second-order valence-electron chi connectivity index (χ2n) is 5.73. The number of benzene rings is 3. The van der Waals surface area contributed by atoms with Crippen LogP contribution in [0.1, 0.15) is 26.3 Å². The van der Waals surface area contributed by atoms with Gasteiger partial charge in [-0.1, -0.05) is 42.5 Å². The van der Waals surface area contributed by atoms with E-state index in [0.29, 0.717) is 11.1 Å². The number of rotatable bonds is 2. The summed E-state index contributed by atoms with van der Waals surface area (Å²) in [5, 5.41) is 2.07. The van der Waals surface area contributed by atoms with E-state index in [1.54, 1.807) is 37.5 Å². The van der Waals surface area contributed by atoms with Crippen LogP contribution in [0.5, 0.6) is 5.75 Å². The molecule has 24 heavy (non-hydrogen) atoms. The molecule has 0 saturated carbocycles. The van der Waals surface area contributed by atoms with Crippen molar-refractivity contribution in [3.8, 4) is 5.75 Å². The third-order valence-corrected chi connectivity index (χ3v) is 4.29. The van der Waals surface area contributed by atoms with Gasteiger partial charge in [-0.3, -0.25) is 9.59 Å². The van der Waals surface area contributed by atoms with E-state index in [9.17, 15) is 9.59 Å². The largest absolute Gasteiger partial charge is 0.497 e. The summed E-state index contributed by atoms with van der Waals surface area (Å²) in [5.74, 6) is 0.390. The molecule has 0 unspecified atom stereocenters. The Morgan fingerprint density at radius 1 is 0.792 bits per heavy atom. The zero-order chi connectivity index (χ0) is 16.7. The number of allylic oxidation sites excluding steroid dienone is 1. The predicted octanol–water partition coefficient (Wildman–Crippen LogP) is 4.31. The van der Waals surface area contributed by atoms with Gasteiger partial charge >= 0.3 is 0 Å². The Morgan fingerprint density at radius 3 is 2.08 bits per heavy atom. The lowest BCUT2D eigenvalue weighted by Crippen LogP contribution is -2.00. The molecule has 3 nitrogen and oxygen atoms in total. The van der Waals surface area contributed by atoms with Crippen molar-refractivity contribution in [2.45, 2.75) is 0 Å². The quantitative estimate of drug-likeness (QED) is 0.523. The molecule has 0 spiro atoms. The molecule has 3 aromatic rings. The highest BCUT2D eigenvalue weighted by Gasteiger charge is 2.32. The number of Topliss-reactive ketones (excluding diaryl/α,β-unsaturated/α-hetero) is 2. The minimum atomic E-state index is -0.203. The standard InChI is InChI=1S/C21H14O3/c1-24-16-9-8-14-10-13(6-7-15(14)12-16)11-19-20(22)17-4-2-3-5-18(17)21(19)23/h2-12H,1H3. The number of fused-ring (bicyclic) bond motifs is 2. The zero-order valence-electron chi connectivity index (χ0n) is 13.1. The van der Waals surface area contributed by atoms with Gasteiger partial charge in [0, 0.05) is 11.1 Å². The fourth-order valence-corrected chi connectivity index (χ4v) is 3.03. The Balaban J connectivity index is 1.78. The lowest BCUT2D eigenvalue weighted by Gasteiger charge is -2.04. The minimum absolute atomic E-state index is 0.203. The van der Waals surface area contributed by atoms with E-state index in [1.807, 2.05) is 36.4 Å². The van der Waals surface area contributed by atoms with Crippen LogP contribution in [0, 0.1) is 0 Å². The van der Waals surface area contributed by atoms with Crippen molar-refractivity contribution in [3.63, 3.8) is 0 Å². The van der Waals surface area contributed by atoms with Gasteiger partial charge < -0.3 is 4.74 Å². The smallest absolute Gasteiger partial charge is 0.197 e. The van der Waals surface area contributed by atoms with Gasteiger partial charge in [0.1, 0.15) is 5.75 Å². The summed E-state index contributed by atoms with van der Waals surface area (Å²) in [6.45, 7) is 0. The Kier molecular flexibility index (Phi) is 3.28. The highest BCUT2D eigenvalue weighted by atomic mass is 16.5. The third kappa shape index (κ3) is 2.22. The molecule has 0 aromatic heterocycles. The molecule has 3 heteroatoms. The van der Waals surface area contributed by atoms with Crippen LogP contribution in [-0.2, 0) is 0 Å². The lowest BCUT2D eigenvalue weighted by molar-refractivity contribution is 0.0990. The predicted molar refractivity (Wildman–Crippen MR) is 93.6 cm³/mol. The van der Waals surface area contributed by atoms with Crippen molar-refractivity contribution in [1.29, 1.82) is 0 Å². The summed E-state index contributed by atoms with van der Waals surface area (Å²) < 4.78 is 5.22. The molecular weight excluding hydrogens is 300 g/mol.